The summed E-state index contributed by atoms with van der Waals surface area (Å²) in [5.41, 5.74) is -1.41. The topological polar surface area (TPSA) is 44.1 Å². The van der Waals surface area contributed by atoms with Crippen molar-refractivity contribution in [3.8, 4) is 6.07 Å². The standard InChI is InChI=1S/C15H14ClF3N2O/c16-9-13(22)21-6-4-14(10-20,5-7-21)11-2-1-3-12(8-11)15(17,18)19/h1-3,8H,4-7,9H2. The van der Waals surface area contributed by atoms with Crippen molar-refractivity contribution in [1.29, 1.82) is 5.26 Å². The molecule has 1 aromatic carbocycles. The van der Waals surface area contributed by atoms with Crippen LogP contribution in [-0.4, -0.2) is 29.8 Å². The largest absolute Gasteiger partial charge is 0.416 e. The van der Waals surface area contributed by atoms with Crippen LogP contribution < -0.4 is 0 Å². The smallest absolute Gasteiger partial charge is 0.342 e. The number of carbonyl (C=O) groups is 1. The van der Waals surface area contributed by atoms with E-state index < -0.39 is 17.2 Å². The quantitative estimate of drug-likeness (QED) is 0.781. The Morgan fingerprint density at radius 2 is 2.00 bits per heavy atom. The van der Waals surface area contributed by atoms with E-state index in [0.29, 0.717) is 31.5 Å². The van der Waals surface area contributed by atoms with Crippen LogP contribution in [0.4, 0.5) is 13.2 Å². The second-order valence-corrected chi connectivity index (χ2v) is 5.55. The van der Waals surface area contributed by atoms with Gasteiger partial charge in [0.2, 0.25) is 5.91 Å². The van der Waals surface area contributed by atoms with E-state index in [-0.39, 0.29) is 11.8 Å². The van der Waals surface area contributed by atoms with Crippen LogP contribution in [0.2, 0.25) is 0 Å². The van der Waals surface area contributed by atoms with Crippen molar-refractivity contribution in [1.82, 2.24) is 4.90 Å². The van der Waals surface area contributed by atoms with Crippen molar-refractivity contribution in [3.63, 3.8) is 0 Å². The molecular formula is C15H14ClF3N2O. The highest BCUT2D eigenvalue weighted by molar-refractivity contribution is 6.27. The summed E-state index contributed by atoms with van der Waals surface area (Å²) in [6.07, 6.45) is -3.84. The van der Waals surface area contributed by atoms with Gasteiger partial charge in [-0.2, -0.15) is 18.4 Å². The maximum Gasteiger partial charge on any atom is 0.416 e. The Bertz CT molecular complexity index is 602. The number of rotatable bonds is 2. The van der Waals surface area contributed by atoms with Crippen LogP contribution in [-0.2, 0) is 16.4 Å². The number of nitrogens with zero attached hydrogens (tertiary/aromatic N) is 2. The molecule has 1 aliphatic rings. The van der Waals surface area contributed by atoms with E-state index in [4.69, 9.17) is 11.6 Å². The van der Waals surface area contributed by atoms with Crippen LogP contribution in [0.25, 0.3) is 0 Å². The van der Waals surface area contributed by atoms with E-state index in [9.17, 15) is 23.2 Å². The number of hydrogen-bond donors (Lipinski definition) is 0. The number of hydrogen-bond acceptors (Lipinski definition) is 2. The van der Waals surface area contributed by atoms with Crippen molar-refractivity contribution in [2.45, 2.75) is 24.4 Å². The summed E-state index contributed by atoms with van der Waals surface area (Å²) in [4.78, 5) is 13.1. The number of nitriles is 1. The van der Waals surface area contributed by atoms with E-state index in [2.05, 4.69) is 6.07 Å². The molecule has 0 N–H and O–H groups in total. The highest BCUT2D eigenvalue weighted by Crippen LogP contribution is 2.38. The molecule has 0 atom stereocenters. The van der Waals surface area contributed by atoms with Gasteiger partial charge in [-0.05, 0) is 24.5 Å². The Hall–Kier alpha value is -1.74. The maximum atomic E-state index is 12.8. The van der Waals surface area contributed by atoms with Crippen LogP contribution >= 0.6 is 11.6 Å². The molecule has 0 bridgehead atoms. The van der Waals surface area contributed by atoms with E-state index in [1.807, 2.05) is 0 Å². The fraction of sp³-hybridized carbons (Fsp3) is 0.467. The number of carbonyl (C=O) groups excluding carboxylic acids is 1. The molecule has 1 fully saturated rings. The summed E-state index contributed by atoms with van der Waals surface area (Å²) in [5.74, 6) is -0.361. The van der Waals surface area contributed by atoms with Gasteiger partial charge in [0.05, 0.1) is 17.0 Å². The van der Waals surface area contributed by atoms with Crippen molar-refractivity contribution >= 4 is 17.5 Å². The Kier molecular flexibility index (Phi) is 4.66. The second-order valence-electron chi connectivity index (χ2n) is 5.29. The maximum absolute atomic E-state index is 12.8. The molecule has 3 nitrogen and oxygen atoms in total. The molecule has 1 heterocycles. The Labute approximate surface area is 131 Å². The highest BCUT2D eigenvalue weighted by Gasteiger charge is 2.39. The Morgan fingerprint density at radius 3 is 2.50 bits per heavy atom. The second kappa shape index (κ2) is 6.17. The van der Waals surface area contributed by atoms with Gasteiger partial charge in [0.15, 0.2) is 0 Å². The summed E-state index contributed by atoms with van der Waals surface area (Å²) >= 11 is 5.50. The predicted molar refractivity (Wildman–Crippen MR) is 75.3 cm³/mol. The zero-order chi connectivity index (χ0) is 16.4. The first-order chi connectivity index (χ1) is 10.3. The molecule has 0 spiro atoms. The lowest BCUT2D eigenvalue weighted by atomic mass is 9.73. The van der Waals surface area contributed by atoms with Crippen LogP contribution in [0, 0.1) is 11.3 Å². The number of likely N-dealkylation sites (tertiary alicyclic amines) is 1. The highest BCUT2D eigenvalue weighted by atomic mass is 35.5. The molecule has 1 aromatic rings. The summed E-state index contributed by atoms with van der Waals surface area (Å²) in [5, 5.41) is 9.51. The third-order valence-electron chi connectivity index (χ3n) is 4.04. The molecule has 7 heteroatoms. The van der Waals surface area contributed by atoms with Crippen LogP contribution in [0.1, 0.15) is 24.0 Å². The van der Waals surface area contributed by atoms with Gasteiger partial charge < -0.3 is 4.90 Å². The molecule has 0 radical (unpaired) electrons. The van der Waals surface area contributed by atoms with Gasteiger partial charge in [-0.25, -0.2) is 0 Å². The van der Waals surface area contributed by atoms with Gasteiger partial charge in [-0.1, -0.05) is 18.2 Å². The van der Waals surface area contributed by atoms with Crippen LogP contribution in [0.5, 0.6) is 0 Å². The summed E-state index contributed by atoms with van der Waals surface area (Å²) in [6, 6.07) is 7.02. The van der Waals surface area contributed by atoms with Gasteiger partial charge in [0, 0.05) is 13.1 Å². The SMILES string of the molecule is N#CC1(c2cccc(C(F)(F)F)c2)CCN(C(=O)CCl)CC1. The zero-order valence-electron chi connectivity index (χ0n) is 11.7. The predicted octanol–water partition coefficient (Wildman–Crippen LogP) is 3.33. The monoisotopic (exact) mass is 330 g/mol. The van der Waals surface area contributed by atoms with Gasteiger partial charge >= 0.3 is 6.18 Å². The fourth-order valence-electron chi connectivity index (χ4n) is 2.68. The summed E-state index contributed by atoms with van der Waals surface area (Å²) in [7, 11) is 0. The lowest BCUT2D eigenvalue weighted by Crippen LogP contribution is -2.45. The minimum absolute atomic E-state index is 0.136. The molecule has 118 valence electrons. The lowest BCUT2D eigenvalue weighted by molar-refractivity contribution is -0.137. The van der Waals surface area contributed by atoms with Gasteiger partial charge in [0.25, 0.3) is 0 Å². The average Bonchev–Trinajstić information content (AvgIpc) is 2.53. The van der Waals surface area contributed by atoms with Crippen molar-refractivity contribution in [2.24, 2.45) is 0 Å². The Balaban J connectivity index is 2.27. The number of alkyl halides is 4. The average molecular weight is 331 g/mol. The molecule has 0 unspecified atom stereocenters. The van der Waals surface area contributed by atoms with Crippen molar-refractivity contribution < 1.29 is 18.0 Å². The molecule has 0 saturated carbocycles. The first-order valence-electron chi connectivity index (χ1n) is 6.75. The third-order valence-corrected chi connectivity index (χ3v) is 4.27. The van der Waals surface area contributed by atoms with E-state index in [0.717, 1.165) is 12.1 Å². The van der Waals surface area contributed by atoms with Crippen LogP contribution in [0.15, 0.2) is 24.3 Å². The summed E-state index contributed by atoms with van der Waals surface area (Å²) < 4.78 is 38.5. The molecular weight excluding hydrogens is 317 g/mol. The molecule has 2 rings (SSSR count). The molecule has 0 aromatic heterocycles. The van der Waals surface area contributed by atoms with E-state index in [1.54, 1.807) is 0 Å². The number of amides is 1. The fourth-order valence-corrected chi connectivity index (χ4v) is 2.85. The minimum Gasteiger partial charge on any atom is -0.342 e. The minimum atomic E-state index is -4.44. The van der Waals surface area contributed by atoms with Gasteiger partial charge in [-0.3, -0.25) is 4.79 Å². The Morgan fingerprint density at radius 1 is 1.36 bits per heavy atom. The molecule has 1 saturated heterocycles. The van der Waals surface area contributed by atoms with Gasteiger partial charge in [0.1, 0.15) is 5.88 Å². The molecule has 1 aliphatic heterocycles. The first-order valence-corrected chi connectivity index (χ1v) is 7.28. The first kappa shape index (κ1) is 16.6. The number of piperidine rings is 1. The molecule has 1 amide bonds. The summed E-state index contributed by atoms with van der Waals surface area (Å²) in [6.45, 7) is 0.630. The molecule has 22 heavy (non-hydrogen) atoms. The number of benzene rings is 1. The van der Waals surface area contributed by atoms with Crippen molar-refractivity contribution in [3.05, 3.63) is 35.4 Å². The van der Waals surface area contributed by atoms with Crippen LogP contribution in [0.3, 0.4) is 0 Å². The molecule has 0 aliphatic carbocycles. The van der Waals surface area contributed by atoms with E-state index in [1.165, 1.54) is 17.0 Å². The van der Waals surface area contributed by atoms with Gasteiger partial charge in [-0.15, -0.1) is 11.6 Å². The lowest BCUT2D eigenvalue weighted by Gasteiger charge is -2.37. The van der Waals surface area contributed by atoms with E-state index >= 15 is 0 Å². The zero-order valence-corrected chi connectivity index (χ0v) is 12.4. The normalized spacial score (nSPS) is 17.9. The third kappa shape index (κ3) is 3.20. The number of halogens is 4. The van der Waals surface area contributed by atoms with Crippen molar-refractivity contribution in [2.75, 3.05) is 19.0 Å².